The van der Waals surface area contributed by atoms with Crippen molar-refractivity contribution >= 4 is 0 Å². The Morgan fingerprint density at radius 1 is 1.04 bits per heavy atom. The maximum Gasteiger partial charge on any atom is 0.117 e. The molecular weight excluding hydrogens is 324 g/mol. The standard InChI is InChI=1S/C21H26N4O/c1-3-19(15-26)22-13-20-21(18-7-5-4-6-8-18)24-25(23-20)14-17-11-9-16(2)10-12-17/h4-12,19,22,26H,3,13-15H2,1-2H3/t19-/m1/s1. The van der Waals surface area contributed by atoms with E-state index in [9.17, 15) is 5.11 Å². The molecule has 1 atom stereocenters. The van der Waals surface area contributed by atoms with Crippen LogP contribution in [-0.2, 0) is 13.1 Å². The van der Waals surface area contributed by atoms with Crippen molar-refractivity contribution in [1.29, 1.82) is 0 Å². The predicted octanol–water partition coefficient (Wildman–Crippen LogP) is 3.16. The van der Waals surface area contributed by atoms with Gasteiger partial charge in [-0.05, 0) is 18.9 Å². The molecule has 0 aliphatic carbocycles. The second kappa shape index (κ2) is 8.74. The Labute approximate surface area is 154 Å². The monoisotopic (exact) mass is 350 g/mol. The van der Waals surface area contributed by atoms with Gasteiger partial charge >= 0.3 is 0 Å². The summed E-state index contributed by atoms with van der Waals surface area (Å²) >= 11 is 0. The first-order chi connectivity index (χ1) is 12.7. The number of aliphatic hydroxyl groups is 1. The third kappa shape index (κ3) is 4.56. The minimum absolute atomic E-state index is 0.0703. The van der Waals surface area contributed by atoms with Gasteiger partial charge in [-0.1, -0.05) is 67.1 Å². The molecule has 3 rings (SSSR count). The highest BCUT2D eigenvalue weighted by Gasteiger charge is 2.14. The minimum atomic E-state index is 0.0703. The minimum Gasteiger partial charge on any atom is -0.395 e. The molecule has 136 valence electrons. The molecule has 3 aromatic rings. The van der Waals surface area contributed by atoms with Crippen molar-refractivity contribution in [2.45, 2.75) is 39.4 Å². The van der Waals surface area contributed by atoms with Gasteiger partial charge in [0.15, 0.2) is 0 Å². The lowest BCUT2D eigenvalue weighted by Gasteiger charge is -2.12. The van der Waals surface area contributed by atoms with E-state index in [0.29, 0.717) is 13.1 Å². The molecule has 0 bridgehead atoms. The normalized spacial score (nSPS) is 12.3. The van der Waals surface area contributed by atoms with Crippen LogP contribution in [0.15, 0.2) is 54.6 Å². The molecule has 1 aromatic heterocycles. The highest BCUT2D eigenvalue weighted by atomic mass is 16.3. The van der Waals surface area contributed by atoms with Crippen LogP contribution in [0.5, 0.6) is 0 Å². The van der Waals surface area contributed by atoms with Gasteiger partial charge in [-0.25, -0.2) is 0 Å². The van der Waals surface area contributed by atoms with Crippen molar-refractivity contribution in [3.8, 4) is 11.3 Å². The lowest BCUT2D eigenvalue weighted by Crippen LogP contribution is -2.31. The first kappa shape index (κ1) is 18.3. The molecule has 0 unspecified atom stereocenters. The third-order valence-electron chi connectivity index (χ3n) is 4.49. The Morgan fingerprint density at radius 3 is 2.42 bits per heavy atom. The molecule has 5 nitrogen and oxygen atoms in total. The number of nitrogens with zero attached hydrogens (tertiary/aromatic N) is 3. The highest BCUT2D eigenvalue weighted by molar-refractivity contribution is 5.60. The van der Waals surface area contributed by atoms with Crippen LogP contribution < -0.4 is 5.32 Å². The van der Waals surface area contributed by atoms with Crippen molar-refractivity contribution in [3.05, 3.63) is 71.4 Å². The molecule has 0 saturated heterocycles. The van der Waals surface area contributed by atoms with E-state index < -0.39 is 0 Å². The number of aliphatic hydroxyl groups excluding tert-OH is 1. The summed E-state index contributed by atoms with van der Waals surface area (Å²) in [5, 5.41) is 22.2. The van der Waals surface area contributed by atoms with E-state index >= 15 is 0 Å². The first-order valence-electron chi connectivity index (χ1n) is 9.08. The van der Waals surface area contributed by atoms with Crippen LogP contribution in [-0.4, -0.2) is 32.7 Å². The van der Waals surface area contributed by atoms with Gasteiger partial charge in [0.25, 0.3) is 0 Å². The molecular formula is C21H26N4O. The molecule has 0 fully saturated rings. The molecule has 0 amide bonds. The van der Waals surface area contributed by atoms with Crippen LogP contribution in [0.1, 0.15) is 30.2 Å². The maximum absolute atomic E-state index is 9.41. The molecule has 0 spiro atoms. The molecule has 0 aliphatic heterocycles. The van der Waals surface area contributed by atoms with Crippen LogP contribution >= 0.6 is 0 Å². The Bertz CT molecular complexity index is 808. The largest absolute Gasteiger partial charge is 0.395 e. The van der Waals surface area contributed by atoms with E-state index in [0.717, 1.165) is 23.4 Å². The summed E-state index contributed by atoms with van der Waals surface area (Å²) in [5.41, 5.74) is 5.25. The Morgan fingerprint density at radius 2 is 1.77 bits per heavy atom. The highest BCUT2D eigenvalue weighted by Crippen LogP contribution is 2.20. The van der Waals surface area contributed by atoms with Gasteiger partial charge in [-0.15, -0.1) is 0 Å². The SMILES string of the molecule is CC[C@H](CO)NCc1nn(Cc2ccc(C)cc2)nc1-c1ccccc1. The summed E-state index contributed by atoms with van der Waals surface area (Å²) in [6.07, 6.45) is 0.870. The number of aromatic nitrogens is 3. The van der Waals surface area contributed by atoms with Gasteiger partial charge < -0.3 is 10.4 Å². The predicted molar refractivity (Wildman–Crippen MR) is 104 cm³/mol. The van der Waals surface area contributed by atoms with Crippen LogP contribution in [0.25, 0.3) is 11.3 Å². The lowest BCUT2D eigenvalue weighted by atomic mass is 10.1. The topological polar surface area (TPSA) is 63.0 Å². The summed E-state index contributed by atoms with van der Waals surface area (Å²) in [7, 11) is 0. The first-order valence-corrected chi connectivity index (χ1v) is 9.08. The van der Waals surface area contributed by atoms with E-state index in [1.807, 2.05) is 30.3 Å². The summed E-state index contributed by atoms with van der Waals surface area (Å²) in [5.74, 6) is 0. The molecule has 2 aromatic carbocycles. The smallest absolute Gasteiger partial charge is 0.117 e. The second-order valence-electron chi connectivity index (χ2n) is 6.55. The van der Waals surface area contributed by atoms with E-state index in [-0.39, 0.29) is 12.6 Å². The summed E-state index contributed by atoms with van der Waals surface area (Å²) in [6.45, 7) is 5.47. The molecule has 0 saturated carbocycles. The molecule has 1 heterocycles. The van der Waals surface area contributed by atoms with Gasteiger partial charge in [-0.2, -0.15) is 15.0 Å². The fraction of sp³-hybridized carbons (Fsp3) is 0.333. The number of nitrogens with one attached hydrogen (secondary N) is 1. The molecule has 0 aliphatic rings. The van der Waals surface area contributed by atoms with Crippen LogP contribution in [0.3, 0.4) is 0 Å². The van der Waals surface area contributed by atoms with Crippen molar-refractivity contribution in [3.63, 3.8) is 0 Å². The summed E-state index contributed by atoms with van der Waals surface area (Å²) in [6, 6.07) is 18.6. The molecule has 0 radical (unpaired) electrons. The van der Waals surface area contributed by atoms with Crippen LogP contribution in [0, 0.1) is 6.92 Å². The Hall–Kier alpha value is -2.50. The summed E-state index contributed by atoms with van der Waals surface area (Å²) in [4.78, 5) is 1.75. The lowest BCUT2D eigenvalue weighted by molar-refractivity contribution is 0.238. The fourth-order valence-electron chi connectivity index (χ4n) is 2.83. The number of rotatable bonds is 8. The number of hydrogen-bond donors (Lipinski definition) is 2. The Balaban J connectivity index is 1.85. The van der Waals surface area contributed by atoms with E-state index in [4.69, 9.17) is 10.2 Å². The van der Waals surface area contributed by atoms with E-state index in [2.05, 4.69) is 43.4 Å². The van der Waals surface area contributed by atoms with E-state index in [1.54, 1.807) is 4.80 Å². The zero-order valence-corrected chi connectivity index (χ0v) is 15.4. The zero-order chi connectivity index (χ0) is 18.4. The van der Waals surface area contributed by atoms with Crippen molar-refractivity contribution in [2.24, 2.45) is 0 Å². The third-order valence-corrected chi connectivity index (χ3v) is 4.49. The molecule has 26 heavy (non-hydrogen) atoms. The fourth-order valence-corrected chi connectivity index (χ4v) is 2.83. The van der Waals surface area contributed by atoms with Crippen LogP contribution in [0.4, 0.5) is 0 Å². The van der Waals surface area contributed by atoms with Crippen molar-refractivity contribution in [2.75, 3.05) is 6.61 Å². The van der Waals surface area contributed by atoms with Gasteiger partial charge in [0.1, 0.15) is 11.4 Å². The quantitative estimate of drug-likeness (QED) is 0.655. The second-order valence-corrected chi connectivity index (χ2v) is 6.55. The van der Waals surface area contributed by atoms with Gasteiger partial charge in [-0.3, -0.25) is 0 Å². The van der Waals surface area contributed by atoms with Crippen LogP contribution in [0.2, 0.25) is 0 Å². The Kier molecular flexibility index (Phi) is 6.15. The van der Waals surface area contributed by atoms with Gasteiger partial charge in [0.2, 0.25) is 0 Å². The number of aryl methyl sites for hydroxylation is 1. The van der Waals surface area contributed by atoms with Gasteiger partial charge in [0.05, 0.1) is 13.2 Å². The van der Waals surface area contributed by atoms with E-state index in [1.165, 1.54) is 11.1 Å². The summed E-state index contributed by atoms with van der Waals surface area (Å²) < 4.78 is 0. The average molecular weight is 350 g/mol. The van der Waals surface area contributed by atoms with Crippen molar-refractivity contribution < 1.29 is 5.11 Å². The van der Waals surface area contributed by atoms with Gasteiger partial charge in [0, 0.05) is 18.2 Å². The number of hydrogen-bond acceptors (Lipinski definition) is 4. The molecule has 2 N–H and O–H groups in total. The average Bonchev–Trinajstić information content (AvgIpc) is 3.08. The number of benzene rings is 2. The molecule has 5 heteroatoms. The maximum atomic E-state index is 9.41. The van der Waals surface area contributed by atoms with Crippen molar-refractivity contribution in [1.82, 2.24) is 20.3 Å². The zero-order valence-electron chi connectivity index (χ0n) is 15.4.